The van der Waals surface area contributed by atoms with Crippen molar-refractivity contribution in [1.82, 2.24) is 0 Å². The molecule has 0 N–H and O–H groups in total. The Kier molecular flexibility index (Phi) is 5.03. The summed E-state index contributed by atoms with van der Waals surface area (Å²) in [6, 6.07) is 4.26. The summed E-state index contributed by atoms with van der Waals surface area (Å²) in [5, 5.41) is 1.04. The lowest BCUT2D eigenvalue weighted by molar-refractivity contribution is 1.47. The number of hydrogen-bond acceptors (Lipinski definition) is 3. The number of aliphatic imine (C=N–C) groups is 1. The maximum absolute atomic E-state index is 4.55. The Morgan fingerprint density at radius 2 is 2.12 bits per heavy atom. The second kappa shape index (κ2) is 6.06. The smallest absolute Gasteiger partial charge is 0.104 e. The molecule has 0 atom stereocenters. The van der Waals surface area contributed by atoms with Crippen molar-refractivity contribution in [2.75, 3.05) is 6.26 Å². The summed E-state index contributed by atoms with van der Waals surface area (Å²) >= 11 is 3.44. The van der Waals surface area contributed by atoms with Crippen LogP contribution in [0.2, 0.25) is 0 Å². The normalized spacial score (nSPS) is 12.0. The highest BCUT2D eigenvalue weighted by atomic mass is 32.2. The zero-order valence-corrected chi connectivity index (χ0v) is 11.8. The minimum Gasteiger partial charge on any atom is -0.251 e. The molecule has 0 aliphatic rings. The lowest BCUT2D eigenvalue weighted by atomic mass is 10.2. The average molecular weight is 251 g/mol. The molecule has 3 heteroatoms. The third kappa shape index (κ3) is 3.35. The fourth-order valence-corrected chi connectivity index (χ4v) is 2.95. The molecule has 1 heterocycles. The molecule has 0 spiro atoms. The molecular formula is C13H17NS2. The zero-order chi connectivity index (χ0) is 12.1. The minimum atomic E-state index is 1.04. The summed E-state index contributed by atoms with van der Waals surface area (Å²) in [6.07, 6.45) is 3.94. The van der Waals surface area contributed by atoms with Gasteiger partial charge in [0.05, 0.1) is 0 Å². The van der Waals surface area contributed by atoms with Gasteiger partial charge in [0.25, 0.3) is 0 Å². The van der Waals surface area contributed by atoms with Crippen molar-refractivity contribution in [3.63, 3.8) is 0 Å². The van der Waals surface area contributed by atoms with Crippen LogP contribution in [-0.2, 0) is 0 Å². The van der Waals surface area contributed by atoms with Gasteiger partial charge in [-0.15, -0.1) is 23.1 Å². The van der Waals surface area contributed by atoms with Gasteiger partial charge in [0, 0.05) is 21.0 Å². The Bertz CT molecular complexity index is 435. The van der Waals surface area contributed by atoms with Crippen molar-refractivity contribution < 1.29 is 0 Å². The molecule has 0 aromatic carbocycles. The first kappa shape index (κ1) is 13.3. The highest BCUT2D eigenvalue weighted by molar-refractivity contribution is 8.02. The molecule has 0 unspecified atom stereocenters. The second-order valence-electron chi connectivity index (χ2n) is 3.60. The SMILES string of the molecule is C=C/C(=C(\N=C(C)C)SC)c1ccc(C)s1. The van der Waals surface area contributed by atoms with E-state index in [-0.39, 0.29) is 0 Å². The van der Waals surface area contributed by atoms with Gasteiger partial charge >= 0.3 is 0 Å². The molecular weight excluding hydrogens is 234 g/mol. The van der Waals surface area contributed by atoms with Crippen LogP contribution in [0.1, 0.15) is 23.6 Å². The Morgan fingerprint density at radius 3 is 2.50 bits per heavy atom. The number of aryl methyl sites for hydroxylation is 1. The van der Waals surface area contributed by atoms with Gasteiger partial charge in [-0.1, -0.05) is 12.7 Å². The highest BCUT2D eigenvalue weighted by Crippen LogP contribution is 2.31. The van der Waals surface area contributed by atoms with E-state index < -0.39 is 0 Å². The van der Waals surface area contributed by atoms with Gasteiger partial charge in [-0.2, -0.15) is 0 Å². The molecule has 1 aromatic rings. The Balaban J connectivity index is 3.26. The van der Waals surface area contributed by atoms with E-state index >= 15 is 0 Å². The van der Waals surface area contributed by atoms with E-state index in [9.17, 15) is 0 Å². The summed E-state index contributed by atoms with van der Waals surface area (Å²) in [5.41, 5.74) is 2.20. The van der Waals surface area contributed by atoms with Gasteiger partial charge in [-0.3, -0.25) is 4.99 Å². The Morgan fingerprint density at radius 1 is 1.44 bits per heavy atom. The predicted molar refractivity (Wildman–Crippen MR) is 78.5 cm³/mol. The third-order valence-corrected chi connectivity index (χ3v) is 3.69. The van der Waals surface area contributed by atoms with Crippen LogP contribution in [0.3, 0.4) is 0 Å². The molecule has 0 fully saturated rings. The van der Waals surface area contributed by atoms with E-state index in [1.807, 2.05) is 26.2 Å². The molecule has 1 nitrogen and oxygen atoms in total. The first-order valence-electron chi connectivity index (χ1n) is 5.08. The molecule has 0 saturated heterocycles. The van der Waals surface area contributed by atoms with Gasteiger partial charge in [0.2, 0.25) is 0 Å². The van der Waals surface area contributed by atoms with Gasteiger partial charge in [-0.25, -0.2) is 0 Å². The lowest BCUT2D eigenvalue weighted by Gasteiger charge is -2.04. The van der Waals surface area contributed by atoms with E-state index in [1.54, 1.807) is 23.1 Å². The first-order valence-corrected chi connectivity index (χ1v) is 7.12. The Hall–Kier alpha value is -0.800. The van der Waals surface area contributed by atoms with Gasteiger partial charge in [-0.05, 0) is 39.2 Å². The predicted octanol–water partition coefficient (Wildman–Crippen LogP) is 4.75. The molecule has 0 aliphatic carbocycles. The van der Waals surface area contributed by atoms with Crippen molar-refractivity contribution >= 4 is 34.4 Å². The van der Waals surface area contributed by atoms with Crippen LogP contribution in [0.25, 0.3) is 5.57 Å². The number of hydrogen-bond donors (Lipinski definition) is 0. The van der Waals surface area contributed by atoms with Crippen LogP contribution in [-0.4, -0.2) is 12.0 Å². The molecule has 86 valence electrons. The summed E-state index contributed by atoms with van der Waals surface area (Å²) in [4.78, 5) is 7.10. The van der Waals surface area contributed by atoms with Crippen LogP contribution in [0.15, 0.2) is 34.8 Å². The van der Waals surface area contributed by atoms with Crippen LogP contribution >= 0.6 is 23.1 Å². The summed E-state index contributed by atoms with van der Waals surface area (Å²) in [5.74, 6) is 0. The van der Waals surface area contributed by atoms with Crippen molar-refractivity contribution in [2.45, 2.75) is 20.8 Å². The maximum atomic E-state index is 4.55. The van der Waals surface area contributed by atoms with Crippen molar-refractivity contribution in [3.05, 3.63) is 39.6 Å². The third-order valence-electron chi connectivity index (χ3n) is 1.96. The van der Waals surface area contributed by atoms with E-state index in [1.165, 1.54) is 9.75 Å². The highest BCUT2D eigenvalue weighted by Gasteiger charge is 2.07. The monoisotopic (exact) mass is 251 g/mol. The number of rotatable bonds is 4. The summed E-state index contributed by atoms with van der Waals surface area (Å²) in [7, 11) is 0. The molecule has 1 aromatic heterocycles. The van der Waals surface area contributed by atoms with Gasteiger partial charge in [0.1, 0.15) is 5.03 Å². The van der Waals surface area contributed by atoms with Gasteiger partial charge < -0.3 is 0 Å². The largest absolute Gasteiger partial charge is 0.251 e. The first-order chi connectivity index (χ1) is 7.58. The average Bonchev–Trinajstić information content (AvgIpc) is 2.64. The maximum Gasteiger partial charge on any atom is 0.104 e. The number of thiophene rings is 1. The summed E-state index contributed by atoms with van der Waals surface area (Å²) in [6.45, 7) is 10.0. The van der Waals surface area contributed by atoms with E-state index in [0.717, 1.165) is 16.3 Å². The van der Waals surface area contributed by atoms with Crippen LogP contribution in [0.5, 0.6) is 0 Å². The molecule has 1 rings (SSSR count). The topological polar surface area (TPSA) is 12.4 Å². The van der Waals surface area contributed by atoms with Crippen molar-refractivity contribution in [1.29, 1.82) is 0 Å². The number of nitrogens with zero attached hydrogens (tertiary/aromatic N) is 1. The lowest BCUT2D eigenvalue weighted by Crippen LogP contribution is -1.85. The quantitative estimate of drug-likeness (QED) is 0.555. The summed E-state index contributed by atoms with van der Waals surface area (Å²) < 4.78 is 0. The minimum absolute atomic E-state index is 1.04. The molecule has 0 radical (unpaired) electrons. The standard InChI is InChI=1S/C13H17NS2/c1-6-11(12-8-7-10(4)16-12)13(15-5)14-9(2)3/h6-8H,1H2,2-5H3/b13-11-. The fourth-order valence-electron chi connectivity index (χ4n) is 1.29. The van der Waals surface area contributed by atoms with E-state index in [0.29, 0.717) is 0 Å². The molecule has 0 bridgehead atoms. The molecule has 0 saturated carbocycles. The number of thioether (sulfide) groups is 1. The molecule has 16 heavy (non-hydrogen) atoms. The van der Waals surface area contributed by atoms with E-state index in [4.69, 9.17) is 0 Å². The zero-order valence-electron chi connectivity index (χ0n) is 10.2. The fraction of sp³-hybridized carbons (Fsp3) is 0.308. The van der Waals surface area contributed by atoms with Crippen LogP contribution < -0.4 is 0 Å². The molecule has 0 aliphatic heterocycles. The molecule has 0 amide bonds. The Labute approximate surface area is 106 Å². The van der Waals surface area contributed by atoms with Crippen LogP contribution in [0.4, 0.5) is 0 Å². The van der Waals surface area contributed by atoms with Gasteiger partial charge in [0.15, 0.2) is 0 Å². The van der Waals surface area contributed by atoms with Crippen molar-refractivity contribution in [3.8, 4) is 0 Å². The van der Waals surface area contributed by atoms with E-state index in [2.05, 4.69) is 30.6 Å². The number of allylic oxidation sites excluding steroid dienone is 2. The van der Waals surface area contributed by atoms with Crippen LogP contribution in [0, 0.1) is 6.92 Å². The van der Waals surface area contributed by atoms with Crippen molar-refractivity contribution in [2.24, 2.45) is 4.99 Å². The second-order valence-corrected chi connectivity index (χ2v) is 5.68.